The summed E-state index contributed by atoms with van der Waals surface area (Å²) < 4.78 is 0. The van der Waals surface area contributed by atoms with Crippen molar-refractivity contribution in [2.45, 2.75) is 32.6 Å². The Morgan fingerprint density at radius 2 is 2.00 bits per heavy atom. The summed E-state index contributed by atoms with van der Waals surface area (Å²) in [6, 6.07) is 7.16. The lowest BCUT2D eigenvalue weighted by Gasteiger charge is -2.21. The van der Waals surface area contributed by atoms with Gasteiger partial charge in [0, 0.05) is 29.4 Å². The minimum atomic E-state index is -0.142. The number of nitrogens with one attached hydrogen (secondary N) is 2. The van der Waals surface area contributed by atoms with E-state index in [4.69, 9.17) is 11.6 Å². The maximum Gasteiger partial charge on any atom is 0.248 e. The molecule has 0 saturated carbocycles. The van der Waals surface area contributed by atoms with E-state index in [1.54, 1.807) is 12.1 Å². The first kappa shape index (κ1) is 15.6. The summed E-state index contributed by atoms with van der Waals surface area (Å²) >= 11 is 5.54. The smallest absolute Gasteiger partial charge is 0.248 e. The number of carbonyl (C=O) groups is 1. The molecule has 5 heteroatoms. The fraction of sp³-hybridized carbons (Fsp3) is 0.375. The van der Waals surface area contributed by atoms with Gasteiger partial charge in [-0.1, -0.05) is 26.8 Å². The number of hydrogen-bond acceptors (Lipinski definition) is 2. The molecule has 1 aromatic heterocycles. The van der Waals surface area contributed by atoms with E-state index in [1.807, 2.05) is 12.1 Å². The molecule has 2 aromatic rings. The Morgan fingerprint density at radius 3 is 2.62 bits per heavy atom. The molecule has 0 unspecified atom stereocenters. The summed E-state index contributed by atoms with van der Waals surface area (Å²) in [6.45, 7) is 6.20. The van der Waals surface area contributed by atoms with Crippen molar-refractivity contribution < 1.29 is 4.79 Å². The number of rotatable bonds is 3. The van der Waals surface area contributed by atoms with E-state index in [2.05, 4.69) is 31.1 Å². The molecule has 2 rings (SSSR count). The SMILES string of the molecule is CC(C)(C)c1cc(=O)[nH]c2cc(NC(=O)CCCl)ccc12. The van der Waals surface area contributed by atoms with Crippen molar-refractivity contribution >= 4 is 34.1 Å². The van der Waals surface area contributed by atoms with E-state index in [-0.39, 0.29) is 29.2 Å². The molecule has 1 amide bonds. The first-order chi connectivity index (χ1) is 9.81. The number of halogens is 1. The van der Waals surface area contributed by atoms with Gasteiger partial charge in [-0.25, -0.2) is 0 Å². The average molecular weight is 307 g/mol. The molecule has 0 spiro atoms. The van der Waals surface area contributed by atoms with Gasteiger partial charge in [-0.15, -0.1) is 11.6 Å². The van der Waals surface area contributed by atoms with E-state index in [9.17, 15) is 9.59 Å². The van der Waals surface area contributed by atoms with E-state index < -0.39 is 0 Å². The average Bonchev–Trinajstić information content (AvgIpc) is 2.36. The van der Waals surface area contributed by atoms with Gasteiger partial charge in [-0.05, 0) is 23.1 Å². The lowest BCUT2D eigenvalue weighted by atomic mass is 9.85. The van der Waals surface area contributed by atoms with Crippen molar-refractivity contribution in [1.29, 1.82) is 0 Å². The first-order valence-electron chi connectivity index (χ1n) is 6.84. The van der Waals surface area contributed by atoms with Gasteiger partial charge in [-0.2, -0.15) is 0 Å². The number of alkyl halides is 1. The number of H-pyrrole nitrogens is 1. The van der Waals surface area contributed by atoms with Crippen molar-refractivity contribution in [3.8, 4) is 0 Å². The topological polar surface area (TPSA) is 62.0 Å². The quantitative estimate of drug-likeness (QED) is 0.854. The molecular formula is C16H19ClN2O2. The van der Waals surface area contributed by atoms with Crippen LogP contribution >= 0.6 is 11.6 Å². The van der Waals surface area contributed by atoms with Crippen LogP contribution in [0.15, 0.2) is 29.1 Å². The Kier molecular flexibility index (Phi) is 4.37. The minimum Gasteiger partial charge on any atom is -0.326 e. The van der Waals surface area contributed by atoms with Crippen LogP contribution in [0.2, 0.25) is 0 Å². The van der Waals surface area contributed by atoms with Gasteiger partial charge in [0.1, 0.15) is 0 Å². The monoisotopic (exact) mass is 306 g/mol. The van der Waals surface area contributed by atoms with Crippen LogP contribution in [0.1, 0.15) is 32.8 Å². The normalized spacial score (nSPS) is 11.6. The molecule has 2 N–H and O–H groups in total. The molecule has 112 valence electrons. The van der Waals surface area contributed by atoms with Crippen molar-refractivity contribution in [3.05, 3.63) is 40.2 Å². The van der Waals surface area contributed by atoms with Crippen molar-refractivity contribution in [3.63, 3.8) is 0 Å². The molecule has 1 heterocycles. The van der Waals surface area contributed by atoms with Gasteiger partial charge in [-0.3, -0.25) is 9.59 Å². The van der Waals surface area contributed by atoms with Gasteiger partial charge in [0.2, 0.25) is 11.5 Å². The summed E-state index contributed by atoms with van der Waals surface area (Å²) in [5.41, 5.74) is 2.09. The highest BCUT2D eigenvalue weighted by molar-refractivity contribution is 6.19. The molecular weight excluding hydrogens is 288 g/mol. The second-order valence-corrected chi connectivity index (χ2v) is 6.42. The van der Waals surface area contributed by atoms with E-state index in [0.717, 1.165) is 16.5 Å². The van der Waals surface area contributed by atoms with Gasteiger partial charge in [0.05, 0.1) is 5.52 Å². The number of carbonyl (C=O) groups excluding carboxylic acids is 1. The molecule has 0 radical (unpaired) electrons. The number of fused-ring (bicyclic) bond motifs is 1. The molecule has 0 aliphatic carbocycles. The molecule has 1 aromatic carbocycles. The largest absolute Gasteiger partial charge is 0.326 e. The molecule has 0 aliphatic heterocycles. The van der Waals surface area contributed by atoms with Crippen molar-refractivity contribution in [2.24, 2.45) is 0 Å². The van der Waals surface area contributed by atoms with Crippen LogP contribution < -0.4 is 10.9 Å². The van der Waals surface area contributed by atoms with Gasteiger partial charge in [0.15, 0.2) is 0 Å². The second kappa shape index (κ2) is 5.90. The van der Waals surface area contributed by atoms with Gasteiger partial charge >= 0.3 is 0 Å². The number of aromatic amines is 1. The highest BCUT2D eigenvalue weighted by Crippen LogP contribution is 2.29. The molecule has 0 atom stereocenters. The summed E-state index contributed by atoms with van der Waals surface area (Å²) in [6.07, 6.45) is 0.262. The van der Waals surface area contributed by atoms with E-state index in [0.29, 0.717) is 5.69 Å². The van der Waals surface area contributed by atoms with Crippen molar-refractivity contribution in [2.75, 3.05) is 11.2 Å². The third-order valence-corrected chi connectivity index (χ3v) is 3.45. The number of hydrogen-bond donors (Lipinski definition) is 2. The van der Waals surface area contributed by atoms with Crippen molar-refractivity contribution in [1.82, 2.24) is 4.98 Å². The third-order valence-electron chi connectivity index (χ3n) is 3.26. The fourth-order valence-electron chi connectivity index (χ4n) is 2.27. The van der Waals surface area contributed by atoms with Crippen LogP contribution in [0, 0.1) is 0 Å². The standard InChI is InChI=1S/C16H19ClN2O2/c1-16(2,3)12-9-15(21)19-13-8-10(4-5-11(12)13)18-14(20)6-7-17/h4-5,8-9H,6-7H2,1-3H3,(H,18,20)(H,19,21). The molecule has 4 nitrogen and oxygen atoms in total. The molecule has 21 heavy (non-hydrogen) atoms. The van der Waals surface area contributed by atoms with Crippen LogP contribution in [-0.2, 0) is 10.2 Å². The fourth-order valence-corrected chi connectivity index (χ4v) is 2.44. The van der Waals surface area contributed by atoms with Crippen LogP contribution in [0.4, 0.5) is 5.69 Å². The zero-order valence-corrected chi connectivity index (χ0v) is 13.2. The van der Waals surface area contributed by atoms with Crippen LogP contribution in [0.25, 0.3) is 10.9 Å². The Morgan fingerprint density at radius 1 is 1.29 bits per heavy atom. The lowest BCUT2D eigenvalue weighted by molar-refractivity contribution is -0.115. The summed E-state index contributed by atoms with van der Waals surface area (Å²) in [5.74, 6) is 0.142. The summed E-state index contributed by atoms with van der Waals surface area (Å²) in [4.78, 5) is 26.2. The van der Waals surface area contributed by atoms with E-state index in [1.165, 1.54) is 0 Å². The van der Waals surface area contributed by atoms with Crippen LogP contribution in [0.5, 0.6) is 0 Å². The third kappa shape index (κ3) is 3.64. The zero-order chi connectivity index (χ0) is 15.6. The first-order valence-corrected chi connectivity index (χ1v) is 7.38. The molecule has 0 saturated heterocycles. The molecule has 0 aliphatic rings. The highest BCUT2D eigenvalue weighted by atomic mass is 35.5. The minimum absolute atomic E-state index is 0.129. The zero-order valence-electron chi connectivity index (χ0n) is 12.4. The maximum atomic E-state index is 11.8. The predicted octanol–water partition coefficient (Wildman–Crippen LogP) is 3.39. The Hall–Kier alpha value is -1.81. The van der Waals surface area contributed by atoms with E-state index >= 15 is 0 Å². The molecule has 0 bridgehead atoms. The number of anilines is 1. The second-order valence-electron chi connectivity index (χ2n) is 6.04. The number of benzene rings is 1. The molecule has 0 fully saturated rings. The number of pyridine rings is 1. The Bertz CT molecular complexity index is 729. The van der Waals surface area contributed by atoms with Gasteiger partial charge in [0.25, 0.3) is 0 Å². The number of aromatic nitrogens is 1. The van der Waals surface area contributed by atoms with Gasteiger partial charge < -0.3 is 10.3 Å². The summed E-state index contributed by atoms with van der Waals surface area (Å²) in [7, 11) is 0. The van der Waals surface area contributed by atoms with Crippen LogP contribution in [-0.4, -0.2) is 16.8 Å². The summed E-state index contributed by atoms with van der Waals surface area (Å²) in [5, 5.41) is 3.75. The Balaban J connectivity index is 2.49. The maximum absolute atomic E-state index is 11.8. The number of amides is 1. The van der Waals surface area contributed by atoms with Crippen LogP contribution in [0.3, 0.4) is 0 Å². The lowest BCUT2D eigenvalue weighted by Crippen LogP contribution is -2.17. The Labute approximate surface area is 128 Å². The predicted molar refractivity (Wildman–Crippen MR) is 87.2 cm³/mol. The highest BCUT2D eigenvalue weighted by Gasteiger charge is 2.18.